The van der Waals surface area contributed by atoms with Crippen LogP contribution < -0.4 is 0 Å². The third-order valence-electron chi connectivity index (χ3n) is 11.5. The molecule has 1 unspecified atom stereocenters. The molecule has 4 aliphatic carbocycles. The van der Waals surface area contributed by atoms with Gasteiger partial charge in [0.05, 0.1) is 11.7 Å². The van der Waals surface area contributed by atoms with E-state index < -0.39 is 5.60 Å². The number of rotatable bonds is 5. The zero-order chi connectivity index (χ0) is 22.6. The third-order valence-corrected chi connectivity index (χ3v) is 11.5. The Morgan fingerprint density at radius 2 is 1.81 bits per heavy atom. The van der Waals surface area contributed by atoms with E-state index in [0.29, 0.717) is 11.3 Å². The van der Waals surface area contributed by atoms with Gasteiger partial charge in [-0.25, -0.2) is 0 Å². The summed E-state index contributed by atoms with van der Waals surface area (Å²) in [5.74, 6) is 3.57. The van der Waals surface area contributed by atoms with E-state index in [9.17, 15) is 10.2 Å². The molecule has 0 spiro atoms. The Kier molecular flexibility index (Phi) is 5.98. The molecule has 3 nitrogen and oxygen atoms in total. The molecule has 4 saturated carbocycles. The van der Waals surface area contributed by atoms with Crippen molar-refractivity contribution < 1.29 is 10.2 Å². The first-order chi connectivity index (χ1) is 15.3. The van der Waals surface area contributed by atoms with Gasteiger partial charge in [-0.05, 0) is 129 Å². The topological polar surface area (TPSA) is 53.4 Å². The molecule has 2 N–H and O–H groups in total. The van der Waals surface area contributed by atoms with Gasteiger partial charge in [-0.1, -0.05) is 26.8 Å². The fraction of sp³-hybridized carbons (Fsp3) is 0.828. The minimum atomic E-state index is -0.567. The number of aromatic nitrogens is 1. The molecular weight excluding hydrogens is 394 g/mol. The minimum absolute atomic E-state index is 0.0614. The summed E-state index contributed by atoms with van der Waals surface area (Å²) in [5.41, 5.74) is 1.39. The lowest BCUT2D eigenvalue weighted by Crippen LogP contribution is -2.55. The van der Waals surface area contributed by atoms with Crippen molar-refractivity contribution in [2.75, 3.05) is 0 Å². The molecular formula is C29H45NO2. The largest absolute Gasteiger partial charge is 0.393 e. The number of hydrogen-bond acceptors (Lipinski definition) is 3. The van der Waals surface area contributed by atoms with Gasteiger partial charge in [0.2, 0.25) is 0 Å². The quantitative estimate of drug-likeness (QED) is 0.576. The van der Waals surface area contributed by atoms with E-state index in [1.54, 1.807) is 0 Å². The lowest BCUT2D eigenvalue weighted by atomic mass is 9.44. The summed E-state index contributed by atoms with van der Waals surface area (Å²) in [5, 5.41) is 22.3. The lowest BCUT2D eigenvalue weighted by Gasteiger charge is -2.61. The van der Waals surface area contributed by atoms with Crippen LogP contribution in [0.3, 0.4) is 0 Å². The van der Waals surface area contributed by atoms with Gasteiger partial charge in [0.1, 0.15) is 0 Å². The monoisotopic (exact) mass is 439 g/mol. The molecule has 5 rings (SSSR count). The summed E-state index contributed by atoms with van der Waals surface area (Å²) in [6.07, 6.45) is 17.4. The van der Waals surface area contributed by atoms with Crippen molar-refractivity contribution in [3.63, 3.8) is 0 Å². The van der Waals surface area contributed by atoms with Gasteiger partial charge in [0.25, 0.3) is 0 Å². The standard InChI is InChI=1S/C29H45NO2/c1-4-29(32,16-11-20-6-5-17-30-19-20)26-10-9-24-23-8-7-21-18-22(31)12-14-27(21,2)25(23)13-15-28(24,26)3/h5-6,17,19,21-26,31-32H,4,7-16,18H2,1-3H3/t21-,22-,23-,24-,25-,26-,27-,28-,29?/m0/s1. The van der Waals surface area contributed by atoms with Crippen molar-refractivity contribution in [1.29, 1.82) is 0 Å². The highest BCUT2D eigenvalue weighted by Crippen LogP contribution is 2.69. The molecule has 4 aliphatic rings. The Labute approximate surface area is 195 Å². The van der Waals surface area contributed by atoms with E-state index >= 15 is 0 Å². The molecule has 4 fully saturated rings. The summed E-state index contributed by atoms with van der Waals surface area (Å²) in [6.45, 7) is 7.33. The SMILES string of the molecule is CCC(O)(CCc1cccnc1)[C@H]1CC[C@H]2[C@@H]3CC[C@H]4C[C@@H](O)CC[C@]4(C)[C@H]3CC[C@]12C. The highest BCUT2D eigenvalue weighted by Gasteiger charge is 2.62. The molecule has 0 amide bonds. The van der Waals surface area contributed by atoms with Crippen LogP contribution in [0.15, 0.2) is 24.5 Å². The number of aliphatic hydroxyl groups excluding tert-OH is 1. The van der Waals surface area contributed by atoms with Crippen molar-refractivity contribution in [2.24, 2.45) is 40.4 Å². The Balaban J connectivity index is 1.35. The summed E-state index contributed by atoms with van der Waals surface area (Å²) in [4.78, 5) is 4.28. The van der Waals surface area contributed by atoms with Crippen LogP contribution in [0.4, 0.5) is 0 Å². The van der Waals surface area contributed by atoms with E-state index in [0.717, 1.165) is 55.8 Å². The fourth-order valence-electron chi connectivity index (χ4n) is 9.62. The number of pyridine rings is 1. The first-order valence-corrected chi connectivity index (χ1v) is 13.6. The summed E-state index contributed by atoms with van der Waals surface area (Å²) >= 11 is 0. The maximum absolute atomic E-state index is 12.0. The molecule has 1 aromatic rings. The van der Waals surface area contributed by atoms with Crippen LogP contribution in [-0.2, 0) is 6.42 Å². The molecule has 0 aliphatic heterocycles. The normalized spacial score (nSPS) is 45.4. The Hall–Kier alpha value is -0.930. The van der Waals surface area contributed by atoms with Crippen molar-refractivity contribution in [1.82, 2.24) is 4.98 Å². The van der Waals surface area contributed by atoms with Crippen molar-refractivity contribution in [2.45, 2.75) is 110 Å². The maximum atomic E-state index is 12.0. The molecule has 9 atom stereocenters. The predicted octanol–water partition coefficient (Wildman–Crippen LogP) is 6.18. The fourth-order valence-corrected chi connectivity index (χ4v) is 9.62. The molecule has 0 bridgehead atoms. The lowest BCUT2D eigenvalue weighted by molar-refractivity contribution is -0.148. The van der Waals surface area contributed by atoms with Crippen LogP contribution in [-0.4, -0.2) is 26.9 Å². The van der Waals surface area contributed by atoms with Crippen LogP contribution in [0, 0.1) is 40.4 Å². The van der Waals surface area contributed by atoms with Gasteiger partial charge >= 0.3 is 0 Å². The van der Waals surface area contributed by atoms with E-state index in [1.807, 2.05) is 18.5 Å². The van der Waals surface area contributed by atoms with Crippen molar-refractivity contribution in [3.05, 3.63) is 30.1 Å². The Bertz CT molecular complexity index is 798. The number of hydrogen-bond donors (Lipinski definition) is 2. The summed E-state index contributed by atoms with van der Waals surface area (Å²) in [7, 11) is 0. The number of aliphatic hydroxyl groups is 2. The zero-order valence-corrected chi connectivity index (χ0v) is 20.6. The Morgan fingerprint density at radius 3 is 2.56 bits per heavy atom. The summed E-state index contributed by atoms with van der Waals surface area (Å²) < 4.78 is 0. The highest BCUT2D eigenvalue weighted by molar-refractivity contribution is 5.14. The number of aryl methyl sites for hydroxylation is 1. The van der Waals surface area contributed by atoms with Crippen molar-refractivity contribution in [3.8, 4) is 0 Å². The molecule has 1 aromatic heterocycles. The first kappa shape index (κ1) is 22.8. The molecule has 0 aromatic carbocycles. The molecule has 3 heteroatoms. The van der Waals surface area contributed by atoms with Crippen LogP contribution in [0.5, 0.6) is 0 Å². The second-order valence-corrected chi connectivity index (χ2v) is 12.6. The van der Waals surface area contributed by atoms with Gasteiger partial charge in [-0.2, -0.15) is 0 Å². The number of nitrogens with zero attached hydrogens (tertiary/aromatic N) is 1. The Morgan fingerprint density at radius 1 is 1.03 bits per heavy atom. The molecule has 32 heavy (non-hydrogen) atoms. The zero-order valence-electron chi connectivity index (χ0n) is 20.6. The van der Waals surface area contributed by atoms with Crippen molar-refractivity contribution >= 4 is 0 Å². The highest BCUT2D eigenvalue weighted by atomic mass is 16.3. The van der Waals surface area contributed by atoms with Gasteiger partial charge in [-0.15, -0.1) is 0 Å². The van der Waals surface area contributed by atoms with Gasteiger partial charge < -0.3 is 10.2 Å². The molecule has 1 heterocycles. The van der Waals surface area contributed by atoms with Gasteiger partial charge in [-0.3, -0.25) is 4.98 Å². The predicted molar refractivity (Wildman–Crippen MR) is 129 cm³/mol. The second-order valence-electron chi connectivity index (χ2n) is 12.6. The number of fused-ring (bicyclic) bond motifs is 5. The molecule has 0 radical (unpaired) electrons. The molecule has 178 valence electrons. The van der Waals surface area contributed by atoms with Crippen LogP contribution in [0.2, 0.25) is 0 Å². The van der Waals surface area contributed by atoms with Gasteiger partial charge in [0, 0.05) is 12.4 Å². The van der Waals surface area contributed by atoms with E-state index in [1.165, 1.54) is 50.5 Å². The van der Waals surface area contributed by atoms with E-state index in [-0.39, 0.29) is 11.5 Å². The van der Waals surface area contributed by atoms with E-state index in [4.69, 9.17) is 0 Å². The minimum Gasteiger partial charge on any atom is -0.393 e. The smallest absolute Gasteiger partial charge is 0.0681 e. The average Bonchev–Trinajstić information content (AvgIpc) is 3.16. The van der Waals surface area contributed by atoms with Crippen LogP contribution in [0.25, 0.3) is 0 Å². The van der Waals surface area contributed by atoms with Crippen LogP contribution in [0.1, 0.15) is 97.0 Å². The molecule has 0 saturated heterocycles. The third kappa shape index (κ3) is 3.57. The van der Waals surface area contributed by atoms with Gasteiger partial charge in [0.15, 0.2) is 0 Å². The van der Waals surface area contributed by atoms with Crippen LogP contribution >= 0.6 is 0 Å². The van der Waals surface area contributed by atoms with E-state index in [2.05, 4.69) is 31.8 Å². The first-order valence-electron chi connectivity index (χ1n) is 13.6. The maximum Gasteiger partial charge on any atom is 0.0681 e. The average molecular weight is 440 g/mol. The second kappa shape index (κ2) is 8.38. The summed E-state index contributed by atoms with van der Waals surface area (Å²) in [6, 6.07) is 4.16.